The van der Waals surface area contributed by atoms with E-state index in [9.17, 15) is 4.79 Å². The minimum Gasteiger partial charge on any atom is -0.338 e. The minimum absolute atomic E-state index is 0.378. The molecule has 1 saturated heterocycles. The highest BCUT2D eigenvalue weighted by Gasteiger charge is 2.17. The standard InChI is InChI=1S/C26H26N4O2/c31-26(29-32)20-10-12-23-24(16-20)28-25(27-23)22-11-9-19(18-7-3-1-4-8-18)15-21(22)17-30-13-5-2-6-14-30/h1,3-4,7-12,15-16,32H,2,5-6,13-14,17H2,(H,27,28)(H,29,31). The topological polar surface area (TPSA) is 81.2 Å². The van der Waals surface area contributed by atoms with Crippen LogP contribution in [0.1, 0.15) is 35.2 Å². The molecule has 3 N–H and O–H groups in total. The number of piperidine rings is 1. The quantitative estimate of drug-likeness (QED) is 0.310. The third kappa shape index (κ3) is 4.15. The predicted octanol–water partition coefficient (Wildman–Crippen LogP) is 5.00. The first-order valence-electron chi connectivity index (χ1n) is 11.1. The molecule has 1 amide bonds. The molecule has 1 aliphatic heterocycles. The summed E-state index contributed by atoms with van der Waals surface area (Å²) in [6, 6.07) is 22.1. The summed E-state index contributed by atoms with van der Waals surface area (Å²) in [5.41, 5.74) is 8.30. The van der Waals surface area contributed by atoms with Crippen molar-refractivity contribution < 1.29 is 10.0 Å². The average molecular weight is 427 g/mol. The number of benzene rings is 3. The Labute approximate surface area is 186 Å². The molecule has 0 saturated carbocycles. The molecule has 0 unspecified atom stereocenters. The van der Waals surface area contributed by atoms with E-state index in [4.69, 9.17) is 10.2 Å². The van der Waals surface area contributed by atoms with Crippen molar-refractivity contribution in [1.29, 1.82) is 0 Å². The molecule has 162 valence electrons. The van der Waals surface area contributed by atoms with E-state index in [0.717, 1.165) is 42.1 Å². The van der Waals surface area contributed by atoms with Gasteiger partial charge in [0.2, 0.25) is 0 Å². The molecular weight excluding hydrogens is 400 g/mol. The smallest absolute Gasteiger partial charge is 0.274 e. The number of fused-ring (bicyclic) bond motifs is 1. The van der Waals surface area contributed by atoms with Gasteiger partial charge in [-0.3, -0.25) is 14.9 Å². The summed E-state index contributed by atoms with van der Waals surface area (Å²) in [6.07, 6.45) is 3.79. The lowest BCUT2D eigenvalue weighted by Crippen LogP contribution is -2.29. The van der Waals surface area contributed by atoms with Crippen molar-refractivity contribution in [3.63, 3.8) is 0 Å². The van der Waals surface area contributed by atoms with Crippen LogP contribution in [-0.2, 0) is 6.54 Å². The van der Waals surface area contributed by atoms with Crippen LogP contribution in [0.5, 0.6) is 0 Å². The molecule has 0 spiro atoms. The van der Waals surface area contributed by atoms with Crippen molar-refractivity contribution in [3.05, 3.63) is 77.9 Å². The number of likely N-dealkylation sites (tertiary alicyclic amines) is 1. The van der Waals surface area contributed by atoms with Crippen LogP contribution in [0.15, 0.2) is 66.7 Å². The highest BCUT2D eigenvalue weighted by atomic mass is 16.5. The van der Waals surface area contributed by atoms with Crippen LogP contribution in [-0.4, -0.2) is 39.1 Å². The maximum Gasteiger partial charge on any atom is 0.274 e. The van der Waals surface area contributed by atoms with Gasteiger partial charge in [0.25, 0.3) is 5.91 Å². The van der Waals surface area contributed by atoms with Gasteiger partial charge < -0.3 is 4.98 Å². The molecule has 32 heavy (non-hydrogen) atoms. The fraction of sp³-hybridized carbons (Fsp3) is 0.231. The summed E-state index contributed by atoms with van der Waals surface area (Å²) in [7, 11) is 0. The van der Waals surface area contributed by atoms with Crippen LogP contribution < -0.4 is 5.48 Å². The van der Waals surface area contributed by atoms with Crippen LogP contribution in [0, 0.1) is 0 Å². The molecular formula is C26H26N4O2. The molecule has 1 aromatic heterocycles. The van der Waals surface area contributed by atoms with Crippen LogP contribution in [0.4, 0.5) is 0 Å². The summed E-state index contributed by atoms with van der Waals surface area (Å²) in [5.74, 6) is 0.245. The van der Waals surface area contributed by atoms with Crippen LogP contribution in [0.3, 0.4) is 0 Å². The Hall–Kier alpha value is -3.48. The SMILES string of the molecule is O=C(NO)c1ccc2nc(-c3ccc(-c4ccccc4)cc3CN3CCCCC3)[nH]c2c1. The van der Waals surface area contributed by atoms with Gasteiger partial charge in [0, 0.05) is 17.7 Å². The number of hydrogen-bond acceptors (Lipinski definition) is 4. The monoisotopic (exact) mass is 426 g/mol. The van der Waals surface area contributed by atoms with Gasteiger partial charge in [-0.15, -0.1) is 0 Å². The number of nitrogens with one attached hydrogen (secondary N) is 2. The Balaban J connectivity index is 1.56. The molecule has 0 bridgehead atoms. The number of carbonyl (C=O) groups is 1. The van der Waals surface area contributed by atoms with E-state index in [2.05, 4.69) is 52.3 Å². The zero-order valence-corrected chi connectivity index (χ0v) is 17.8. The minimum atomic E-state index is -0.541. The Morgan fingerprint density at radius 1 is 0.969 bits per heavy atom. The van der Waals surface area contributed by atoms with Gasteiger partial charge in [-0.2, -0.15) is 0 Å². The van der Waals surface area contributed by atoms with Gasteiger partial charge in [-0.05, 0) is 66.9 Å². The highest BCUT2D eigenvalue weighted by Crippen LogP contribution is 2.30. The zero-order chi connectivity index (χ0) is 21.9. The van der Waals surface area contributed by atoms with Crippen molar-refractivity contribution in [1.82, 2.24) is 20.3 Å². The summed E-state index contributed by atoms with van der Waals surface area (Å²) < 4.78 is 0. The molecule has 0 atom stereocenters. The second-order valence-corrected chi connectivity index (χ2v) is 8.33. The number of carbonyl (C=O) groups excluding carboxylic acids is 1. The van der Waals surface area contributed by atoms with Crippen LogP contribution in [0.25, 0.3) is 33.5 Å². The summed E-state index contributed by atoms with van der Waals surface area (Å²) >= 11 is 0. The largest absolute Gasteiger partial charge is 0.338 e. The molecule has 2 heterocycles. The van der Waals surface area contributed by atoms with Crippen molar-refractivity contribution in [2.75, 3.05) is 13.1 Å². The van der Waals surface area contributed by atoms with Crippen molar-refractivity contribution in [3.8, 4) is 22.5 Å². The lowest BCUT2D eigenvalue weighted by atomic mass is 9.97. The number of nitrogens with zero attached hydrogens (tertiary/aromatic N) is 2. The van der Waals surface area contributed by atoms with E-state index in [0.29, 0.717) is 5.56 Å². The maximum atomic E-state index is 11.8. The van der Waals surface area contributed by atoms with Crippen molar-refractivity contribution in [2.45, 2.75) is 25.8 Å². The van der Waals surface area contributed by atoms with Gasteiger partial charge in [-0.1, -0.05) is 48.9 Å². The maximum absolute atomic E-state index is 11.8. The van der Waals surface area contributed by atoms with Crippen molar-refractivity contribution in [2.24, 2.45) is 0 Å². The Bertz CT molecular complexity index is 1240. The van der Waals surface area contributed by atoms with E-state index in [-0.39, 0.29) is 0 Å². The summed E-state index contributed by atoms with van der Waals surface area (Å²) in [4.78, 5) is 22.5. The molecule has 0 radical (unpaired) electrons. The van der Waals surface area contributed by atoms with Crippen LogP contribution in [0.2, 0.25) is 0 Å². The predicted molar refractivity (Wildman–Crippen MR) is 125 cm³/mol. The second-order valence-electron chi connectivity index (χ2n) is 8.33. The Morgan fingerprint density at radius 2 is 1.78 bits per heavy atom. The number of amides is 1. The Kier molecular flexibility index (Phi) is 5.71. The van der Waals surface area contributed by atoms with Crippen molar-refractivity contribution >= 4 is 16.9 Å². The highest BCUT2D eigenvalue weighted by molar-refractivity contribution is 5.97. The molecule has 1 aliphatic rings. The molecule has 0 aliphatic carbocycles. The number of hydroxylamine groups is 1. The van der Waals surface area contributed by atoms with Gasteiger partial charge in [0.05, 0.1) is 11.0 Å². The fourth-order valence-corrected chi connectivity index (χ4v) is 4.47. The molecule has 3 aromatic carbocycles. The summed E-state index contributed by atoms with van der Waals surface area (Å²) in [5, 5.41) is 8.93. The third-order valence-electron chi connectivity index (χ3n) is 6.16. The second kappa shape index (κ2) is 8.94. The molecule has 4 aromatic rings. The first-order chi connectivity index (χ1) is 15.7. The third-order valence-corrected chi connectivity index (χ3v) is 6.16. The number of rotatable bonds is 5. The zero-order valence-electron chi connectivity index (χ0n) is 17.8. The lowest BCUT2D eigenvalue weighted by Gasteiger charge is -2.27. The number of imidazole rings is 1. The van der Waals surface area contributed by atoms with Gasteiger partial charge in [-0.25, -0.2) is 10.5 Å². The first-order valence-corrected chi connectivity index (χ1v) is 11.1. The normalized spacial score (nSPS) is 14.5. The lowest BCUT2D eigenvalue weighted by molar-refractivity contribution is 0.0706. The number of hydrogen-bond donors (Lipinski definition) is 3. The van der Waals surface area contributed by atoms with E-state index in [1.54, 1.807) is 23.7 Å². The summed E-state index contributed by atoms with van der Waals surface area (Å²) in [6.45, 7) is 3.12. The van der Waals surface area contributed by atoms with E-state index in [1.165, 1.54) is 36.0 Å². The van der Waals surface area contributed by atoms with Gasteiger partial charge in [0.1, 0.15) is 5.82 Å². The number of aromatic amines is 1. The first kappa shape index (κ1) is 20.4. The number of aromatic nitrogens is 2. The fourth-order valence-electron chi connectivity index (χ4n) is 4.47. The van der Waals surface area contributed by atoms with E-state index >= 15 is 0 Å². The van der Waals surface area contributed by atoms with Gasteiger partial charge >= 0.3 is 0 Å². The van der Waals surface area contributed by atoms with E-state index in [1.807, 2.05) is 6.07 Å². The Morgan fingerprint density at radius 3 is 2.56 bits per heavy atom. The number of H-pyrrole nitrogens is 1. The van der Waals surface area contributed by atoms with Gasteiger partial charge in [0.15, 0.2) is 0 Å². The van der Waals surface area contributed by atoms with Crippen LogP contribution >= 0.6 is 0 Å². The molecule has 6 nitrogen and oxygen atoms in total. The molecule has 1 fully saturated rings. The molecule has 5 rings (SSSR count). The average Bonchev–Trinajstić information content (AvgIpc) is 3.28. The van der Waals surface area contributed by atoms with E-state index < -0.39 is 5.91 Å². The molecule has 6 heteroatoms.